The van der Waals surface area contributed by atoms with Crippen LogP contribution in [0.5, 0.6) is 5.75 Å². The van der Waals surface area contributed by atoms with Gasteiger partial charge in [-0.05, 0) is 37.1 Å². The summed E-state index contributed by atoms with van der Waals surface area (Å²) >= 11 is 0. The predicted molar refractivity (Wildman–Crippen MR) is 110 cm³/mol. The molecule has 6 heteroatoms. The second-order valence-electron chi connectivity index (χ2n) is 6.98. The van der Waals surface area contributed by atoms with E-state index in [1.54, 1.807) is 42.6 Å². The Labute approximate surface area is 170 Å². The highest BCUT2D eigenvalue weighted by atomic mass is 16.5. The van der Waals surface area contributed by atoms with E-state index in [1.165, 1.54) is 4.90 Å². The molecule has 2 aromatic rings. The SMILES string of the molecule is CCCCN1C(=O)C(=O)/C(=C(\O)c2cccc(OCCC)c2)C1c1ccccn1. The fourth-order valence-electron chi connectivity index (χ4n) is 3.39. The first-order chi connectivity index (χ1) is 14.1. The molecular weight excluding hydrogens is 368 g/mol. The van der Waals surface area contributed by atoms with Crippen molar-refractivity contribution < 1.29 is 19.4 Å². The van der Waals surface area contributed by atoms with Gasteiger partial charge >= 0.3 is 0 Å². The second-order valence-corrected chi connectivity index (χ2v) is 6.98. The molecule has 3 rings (SSSR count). The number of aromatic nitrogens is 1. The highest BCUT2D eigenvalue weighted by Gasteiger charge is 2.46. The van der Waals surface area contributed by atoms with Gasteiger partial charge in [0, 0.05) is 18.3 Å². The number of pyridine rings is 1. The van der Waals surface area contributed by atoms with Crippen molar-refractivity contribution in [3.63, 3.8) is 0 Å². The first kappa shape index (κ1) is 20.6. The average molecular weight is 394 g/mol. The Morgan fingerprint density at radius 2 is 1.97 bits per heavy atom. The van der Waals surface area contributed by atoms with Crippen LogP contribution in [0.3, 0.4) is 0 Å². The molecule has 0 saturated carbocycles. The minimum atomic E-state index is -0.706. The van der Waals surface area contributed by atoms with Gasteiger partial charge in [-0.25, -0.2) is 0 Å². The topological polar surface area (TPSA) is 79.7 Å². The van der Waals surface area contributed by atoms with Gasteiger partial charge in [-0.2, -0.15) is 0 Å². The van der Waals surface area contributed by atoms with Crippen molar-refractivity contribution in [2.24, 2.45) is 0 Å². The van der Waals surface area contributed by atoms with Gasteiger partial charge in [-0.3, -0.25) is 14.6 Å². The number of rotatable bonds is 8. The normalized spacial score (nSPS) is 18.3. The van der Waals surface area contributed by atoms with Gasteiger partial charge in [-0.1, -0.05) is 38.5 Å². The summed E-state index contributed by atoms with van der Waals surface area (Å²) in [5.74, 6) is -0.895. The van der Waals surface area contributed by atoms with E-state index in [0.29, 0.717) is 30.2 Å². The largest absolute Gasteiger partial charge is 0.507 e. The maximum atomic E-state index is 12.9. The zero-order valence-electron chi connectivity index (χ0n) is 16.8. The number of Topliss-reactive ketones (excluding diaryl/α,β-unsaturated/α-hetero) is 1. The molecule has 1 fully saturated rings. The molecule has 1 aromatic carbocycles. The van der Waals surface area contributed by atoms with Crippen molar-refractivity contribution in [1.82, 2.24) is 9.88 Å². The lowest BCUT2D eigenvalue weighted by Crippen LogP contribution is -2.31. The Hall–Kier alpha value is -3.15. The van der Waals surface area contributed by atoms with Crippen molar-refractivity contribution >= 4 is 17.4 Å². The van der Waals surface area contributed by atoms with E-state index < -0.39 is 17.7 Å². The second kappa shape index (κ2) is 9.37. The van der Waals surface area contributed by atoms with Gasteiger partial charge in [0.25, 0.3) is 11.7 Å². The number of carbonyl (C=O) groups is 2. The molecule has 1 N–H and O–H groups in total. The molecule has 0 spiro atoms. The van der Waals surface area contributed by atoms with Crippen molar-refractivity contribution in [1.29, 1.82) is 0 Å². The molecule has 1 atom stereocenters. The van der Waals surface area contributed by atoms with Gasteiger partial charge in [0.05, 0.1) is 17.9 Å². The average Bonchev–Trinajstić information content (AvgIpc) is 3.01. The molecule has 1 saturated heterocycles. The first-order valence-electron chi connectivity index (χ1n) is 10.0. The van der Waals surface area contributed by atoms with Gasteiger partial charge in [0.15, 0.2) is 0 Å². The van der Waals surface area contributed by atoms with Crippen LogP contribution in [0, 0.1) is 0 Å². The molecule has 0 bridgehead atoms. The van der Waals surface area contributed by atoms with Crippen molar-refractivity contribution in [3.8, 4) is 5.75 Å². The summed E-state index contributed by atoms with van der Waals surface area (Å²) in [5.41, 5.74) is 1.06. The number of amides is 1. The predicted octanol–water partition coefficient (Wildman–Crippen LogP) is 4.09. The summed E-state index contributed by atoms with van der Waals surface area (Å²) in [7, 11) is 0. The molecule has 6 nitrogen and oxygen atoms in total. The minimum absolute atomic E-state index is 0.0671. The minimum Gasteiger partial charge on any atom is -0.507 e. The van der Waals surface area contributed by atoms with Crippen molar-refractivity contribution in [2.75, 3.05) is 13.2 Å². The first-order valence-corrected chi connectivity index (χ1v) is 10.0. The number of aliphatic hydroxyl groups is 1. The molecule has 29 heavy (non-hydrogen) atoms. The Morgan fingerprint density at radius 1 is 1.14 bits per heavy atom. The summed E-state index contributed by atoms with van der Waals surface area (Å²) in [5, 5.41) is 11.0. The molecule has 152 valence electrons. The molecule has 0 radical (unpaired) electrons. The van der Waals surface area contributed by atoms with Crippen LogP contribution in [0.4, 0.5) is 0 Å². The Balaban J connectivity index is 2.08. The molecule has 2 heterocycles. The lowest BCUT2D eigenvalue weighted by atomic mass is 9.98. The standard InChI is InChI=1S/C23H26N2O4/c1-3-5-13-25-20(18-11-6-7-12-24-18)19(22(27)23(25)28)21(26)16-9-8-10-17(15-16)29-14-4-2/h6-12,15,20,26H,3-5,13-14H2,1-2H3/b21-19-. The lowest BCUT2D eigenvalue weighted by molar-refractivity contribution is -0.140. The third-order valence-corrected chi connectivity index (χ3v) is 4.84. The van der Waals surface area contributed by atoms with E-state index in [2.05, 4.69) is 4.98 Å². The number of ketones is 1. The number of likely N-dealkylation sites (tertiary alicyclic amines) is 1. The number of carbonyl (C=O) groups excluding carboxylic acids is 2. The maximum absolute atomic E-state index is 12.9. The molecule has 1 unspecified atom stereocenters. The van der Waals surface area contributed by atoms with E-state index in [0.717, 1.165) is 19.3 Å². The van der Waals surface area contributed by atoms with Crippen LogP contribution in [0.2, 0.25) is 0 Å². The Kier molecular flexibility index (Phi) is 6.65. The van der Waals surface area contributed by atoms with Crippen molar-refractivity contribution in [3.05, 3.63) is 65.5 Å². The van der Waals surface area contributed by atoms with E-state index in [1.807, 2.05) is 19.9 Å². The van der Waals surface area contributed by atoms with Gasteiger partial charge < -0.3 is 14.7 Å². The van der Waals surface area contributed by atoms with Crippen LogP contribution in [0.15, 0.2) is 54.2 Å². The van der Waals surface area contributed by atoms with Gasteiger partial charge in [-0.15, -0.1) is 0 Å². The maximum Gasteiger partial charge on any atom is 0.295 e. The monoisotopic (exact) mass is 394 g/mol. The van der Waals surface area contributed by atoms with E-state index in [4.69, 9.17) is 4.74 Å². The van der Waals surface area contributed by atoms with Crippen LogP contribution in [0.25, 0.3) is 5.76 Å². The van der Waals surface area contributed by atoms with Gasteiger partial charge in [0.2, 0.25) is 0 Å². The van der Waals surface area contributed by atoms with E-state index in [9.17, 15) is 14.7 Å². The number of nitrogens with zero attached hydrogens (tertiary/aromatic N) is 2. The molecule has 1 aliphatic rings. The molecule has 1 aromatic heterocycles. The molecule has 1 amide bonds. The summed E-state index contributed by atoms with van der Waals surface area (Å²) in [6.45, 7) is 5.01. The summed E-state index contributed by atoms with van der Waals surface area (Å²) in [4.78, 5) is 31.5. The number of hydrogen-bond donors (Lipinski definition) is 1. The van der Waals surface area contributed by atoms with Crippen LogP contribution in [0.1, 0.15) is 50.4 Å². The third-order valence-electron chi connectivity index (χ3n) is 4.84. The number of unbranched alkanes of at least 4 members (excludes halogenated alkanes) is 1. The highest BCUT2D eigenvalue weighted by Crippen LogP contribution is 2.39. The van der Waals surface area contributed by atoms with Crippen LogP contribution >= 0.6 is 0 Å². The Morgan fingerprint density at radius 3 is 2.66 bits per heavy atom. The quantitative estimate of drug-likeness (QED) is 0.414. The fraction of sp³-hybridized carbons (Fsp3) is 0.348. The summed E-state index contributed by atoms with van der Waals surface area (Å²) in [6, 6.07) is 11.6. The summed E-state index contributed by atoms with van der Waals surface area (Å²) < 4.78 is 5.63. The van der Waals surface area contributed by atoms with Crippen molar-refractivity contribution in [2.45, 2.75) is 39.2 Å². The lowest BCUT2D eigenvalue weighted by Gasteiger charge is -2.24. The summed E-state index contributed by atoms with van der Waals surface area (Å²) in [6.07, 6.45) is 4.12. The van der Waals surface area contributed by atoms with Crippen LogP contribution < -0.4 is 4.74 Å². The fourth-order valence-corrected chi connectivity index (χ4v) is 3.39. The molecule has 1 aliphatic heterocycles. The smallest absolute Gasteiger partial charge is 0.295 e. The van der Waals surface area contributed by atoms with Gasteiger partial charge in [0.1, 0.15) is 17.6 Å². The number of ether oxygens (including phenoxy) is 1. The Bertz CT molecular complexity index is 908. The third kappa shape index (κ3) is 4.31. The van der Waals surface area contributed by atoms with Crippen LogP contribution in [-0.4, -0.2) is 39.8 Å². The van der Waals surface area contributed by atoms with Crippen LogP contribution in [-0.2, 0) is 9.59 Å². The van der Waals surface area contributed by atoms with E-state index >= 15 is 0 Å². The number of aliphatic hydroxyl groups excluding tert-OH is 1. The number of hydrogen-bond acceptors (Lipinski definition) is 5. The van der Waals surface area contributed by atoms with E-state index in [-0.39, 0.29) is 11.3 Å². The number of benzene rings is 1. The highest BCUT2D eigenvalue weighted by molar-refractivity contribution is 6.46. The zero-order valence-corrected chi connectivity index (χ0v) is 16.8. The molecule has 0 aliphatic carbocycles. The molecular formula is C23H26N2O4. The zero-order chi connectivity index (χ0) is 20.8.